The summed E-state index contributed by atoms with van der Waals surface area (Å²) < 4.78 is 0. The third-order valence-electron chi connectivity index (χ3n) is 4.90. The predicted molar refractivity (Wildman–Crippen MR) is 86.8 cm³/mol. The first kappa shape index (κ1) is 14.1. The number of hydrogen-bond donors (Lipinski definition) is 2. The Morgan fingerprint density at radius 1 is 0.952 bits per heavy atom. The summed E-state index contributed by atoms with van der Waals surface area (Å²) in [5.41, 5.74) is 15.1. The van der Waals surface area contributed by atoms with Crippen molar-refractivity contribution < 1.29 is 0 Å². The summed E-state index contributed by atoms with van der Waals surface area (Å²) in [5.74, 6) is 0.561. The average Bonchev–Trinajstić information content (AvgIpc) is 2.56. The van der Waals surface area contributed by atoms with Crippen molar-refractivity contribution in [3.63, 3.8) is 0 Å². The first-order chi connectivity index (χ1) is 10.2. The van der Waals surface area contributed by atoms with E-state index in [9.17, 15) is 0 Å². The van der Waals surface area contributed by atoms with Gasteiger partial charge in [-0.05, 0) is 24.5 Å². The molecule has 4 N–H and O–H groups in total. The minimum absolute atomic E-state index is 0.0172. The van der Waals surface area contributed by atoms with E-state index in [2.05, 4.69) is 35.3 Å². The van der Waals surface area contributed by atoms with E-state index in [4.69, 9.17) is 11.5 Å². The summed E-state index contributed by atoms with van der Waals surface area (Å²) in [6, 6.07) is 14.5. The zero-order valence-corrected chi connectivity index (χ0v) is 12.3. The van der Waals surface area contributed by atoms with Crippen LogP contribution in [0.15, 0.2) is 48.7 Å². The highest BCUT2D eigenvalue weighted by Crippen LogP contribution is 2.47. The molecule has 3 heteroatoms. The predicted octanol–water partition coefficient (Wildman–Crippen LogP) is 3.57. The molecular weight excluding hydrogens is 258 g/mol. The van der Waals surface area contributed by atoms with Gasteiger partial charge in [0, 0.05) is 23.2 Å². The van der Waals surface area contributed by atoms with Crippen LogP contribution < -0.4 is 11.5 Å². The first-order valence-corrected chi connectivity index (χ1v) is 7.75. The van der Waals surface area contributed by atoms with Crippen LogP contribution in [0.4, 0.5) is 5.82 Å². The van der Waals surface area contributed by atoms with Gasteiger partial charge in [0.25, 0.3) is 0 Å². The van der Waals surface area contributed by atoms with Gasteiger partial charge in [-0.2, -0.15) is 0 Å². The van der Waals surface area contributed by atoms with Gasteiger partial charge < -0.3 is 11.5 Å². The Hall–Kier alpha value is -1.87. The van der Waals surface area contributed by atoms with Crippen LogP contribution in [0.2, 0.25) is 0 Å². The Kier molecular flexibility index (Phi) is 3.93. The molecule has 110 valence electrons. The maximum Gasteiger partial charge on any atom is 0.128 e. The number of nitrogens with zero attached hydrogens (tertiary/aromatic N) is 1. The highest BCUT2D eigenvalue weighted by atomic mass is 14.8. The quantitative estimate of drug-likeness (QED) is 0.904. The monoisotopic (exact) mass is 281 g/mol. The number of hydrogen-bond acceptors (Lipinski definition) is 3. The molecule has 3 rings (SSSR count). The molecule has 1 heterocycles. The van der Waals surface area contributed by atoms with Crippen molar-refractivity contribution in [3.8, 4) is 0 Å². The van der Waals surface area contributed by atoms with Crippen LogP contribution in [-0.4, -0.2) is 4.98 Å². The molecule has 0 spiro atoms. The number of rotatable bonds is 3. The van der Waals surface area contributed by atoms with Crippen molar-refractivity contribution >= 4 is 5.82 Å². The van der Waals surface area contributed by atoms with Crippen molar-refractivity contribution in [2.45, 2.75) is 43.6 Å². The topological polar surface area (TPSA) is 64.9 Å². The number of anilines is 1. The number of pyridine rings is 1. The highest BCUT2D eigenvalue weighted by molar-refractivity contribution is 5.44. The molecule has 1 fully saturated rings. The fraction of sp³-hybridized carbons (Fsp3) is 0.389. The number of nitrogens with two attached hydrogens (primary N) is 2. The maximum absolute atomic E-state index is 6.72. The number of nitrogen functional groups attached to an aromatic ring is 1. The van der Waals surface area contributed by atoms with Crippen LogP contribution in [0.3, 0.4) is 0 Å². The van der Waals surface area contributed by atoms with E-state index in [1.807, 2.05) is 12.1 Å². The summed E-state index contributed by atoms with van der Waals surface area (Å²) in [5, 5.41) is 0. The molecule has 1 aromatic heterocycles. The smallest absolute Gasteiger partial charge is 0.128 e. The highest BCUT2D eigenvalue weighted by Gasteiger charge is 2.40. The van der Waals surface area contributed by atoms with Crippen molar-refractivity contribution in [2.24, 2.45) is 5.73 Å². The molecule has 0 radical (unpaired) electrons. The van der Waals surface area contributed by atoms with Gasteiger partial charge in [-0.3, -0.25) is 0 Å². The second-order valence-electron chi connectivity index (χ2n) is 6.04. The van der Waals surface area contributed by atoms with Crippen molar-refractivity contribution in [3.05, 3.63) is 59.8 Å². The Bertz CT molecular complexity index is 588. The Labute approximate surface area is 126 Å². The summed E-state index contributed by atoms with van der Waals surface area (Å²) in [6.07, 6.45) is 7.70. The number of aromatic nitrogens is 1. The molecule has 1 atom stereocenters. The van der Waals surface area contributed by atoms with Crippen molar-refractivity contribution in [2.75, 3.05) is 5.73 Å². The summed E-state index contributed by atoms with van der Waals surface area (Å²) in [7, 11) is 0. The molecular formula is C18H23N3. The Morgan fingerprint density at radius 2 is 1.67 bits per heavy atom. The van der Waals surface area contributed by atoms with Gasteiger partial charge in [0.2, 0.25) is 0 Å². The minimum atomic E-state index is -0.103. The zero-order chi connectivity index (χ0) is 14.7. The van der Waals surface area contributed by atoms with E-state index in [1.165, 1.54) is 24.8 Å². The lowest BCUT2D eigenvalue weighted by Crippen LogP contribution is -2.41. The van der Waals surface area contributed by atoms with Gasteiger partial charge >= 0.3 is 0 Å². The molecule has 1 unspecified atom stereocenters. The molecule has 3 nitrogen and oxygen atoms in total. The zero-order valence-electron chi connectivity index (χ0n) is 12.3. The third kappa shape index (κ3) is 2.54. The summed E-state index contributed by atoms with van der Waals surface area (Å²) >= 11 is 0. The molecule has 21 heavy (non-hydrogen) atoms. The normalized spacial score (nSPS) is 19.1. The lowest BCUT2D eigenvalue weighted by molar-refractivity contribution is 0.244. The summed E-state index contributed by atoms with van der Waals surface area (Å²) in [6.45, 7) is 0. The molecule has 1 aliphatic carbocycles. The molecule has 1 aliphatic rings. The third-order valence-corrected chi connectivity index (χ3v) is 4.90. The van der Waals surface area contributed by atoms with Crippen LogP contribution in [0, 0.1) is 0 Å². The summed E-state index contributed by atoms with van der Waals surface area (Å²) in [4.78, 5) is 4.22. The lowest BCUT2D eigenvalue weighted by Gasteiger charge is -2.43. The van der Waals surface area contributed by atoms with Crippen molar-refractivity contribution in [1.82, 2.24) is 4.98 Å². The Morgan fingerprint density at radius 3 is 2.33 bits per heavy atom. The van der Waals surface area contributed by atoms with Crippen LogP contribution in [0.25, 0.3) is 0 Å². The molecule has 1 aromatic carbocycles. The van der Waals surface area contributed by atoms with Gasteiger partial charge in [-0.15, -0.1) is 0 Å². The van der Waals surface area contributed by atoms with Gasteiger partial charge in [0.15, 0.2) is 0 Å². The maximum atomic E-state index is 6.72. The molecule has 0 saturated heterocycles. The minimum Gasteiger partial charge on any atom is -0.383 e. The van der Waals surface area contributed by atoms with Crippen LogP contribution in [0.5, 0.6) is 0 Å². The van der Waals surface area contributed by atoms with E-state index >= 15 is 0 Å². The van der Waals surface area contributed by atoms with Gasteiger partial charge in [-0.25, -0.2) is 4.98 Å². The largest absolute Gasteiger partial charge is 0.383 e. The fourth-order valence-corrected chi connectivity index (χ4v) is 3.72. The van der Waals surface area contributed by atoms with Crippen LogP contribution in [0.1, 0.15) is 49.3 Å². The second kappa shape index (κ2) is 5.86. The molecule has 0 bridgehead atoms. The SMILES string of the molecule is Nc1ncccc1C(N)C1(c2ccccc2)CCCCC1. The van der Waals surface area contributed by atoms with Gasteiger partial charge in [0.05, 0.1) is 0 Å². The van der Waals surface area contributed by atoms with Crippen LogP contribution in [-0.2, 0) is 5.41 Å². The first-order valence-electron chi connectivity index (χ1n) is 7.75. The number of benzene rings is 1. The van der Waals surface area contributed by atoms with Gasteiger partial charge in [0.1, 0.15) is 5.82 Å². The van der Waals surface area contributed by atoms with E-state index in [0.29, 0.717) is 5.82 Å². The molecule has 2 aromatic rings. The van der Waals surface area contributed by atoms with Crippen molar-refractivity contribution in [1.29, 1.82) is 0 Å². The van der Waals surface area contributed by atoms with Gasteiger partial charge in [-0.1, -0.05) is 55.7 Å². The molecule has 1 saturated carbocycles. The standard InChI is InChI=1S/C18H23N3/c19-16(15-10-7-13-21-17(15)20)18(11-5-2-6-12-18)14-8-3-1-4-9-14/h1,3-4,7-10,13,16H,2,5-6,11-12,19H2,(H2,20,21). The molecule has 0 amide bonds. The van der Waals surface area contributed by atoms with E-state index < -0.39 is 0 Å². The van der Waals surface area contributed by atoms with E-state index in [1.54, 1.807) is 6.20 Å². The fourth-order valence-electron chi connectivity index (χ4n) is 3.72. The Balaban J connectivity index is 2.06. The second-order valence-corrected chi connectivity index (χ2v) is 6.04. The van der Waals surface area contributed by atoms with E-state index in [0.717, 1.165) is 18.4 Å². The molecule has 0 aliphatic heterocycles. The lowest BCUT2D eigenvalue weighted by atomic mass is 9.63. The van der Waals surface area contributed by atoms with E-state index in [-0.39, 0.29) is 11.5 Å². The van der Waals surface area contributed by atoms with Crippen LogP contribution >= 0.6 is 0 Å². The average molecular weight is 281 g/mol.